The molecule has 6 heteroatoms. The van der Waals surface area contributed by atoms with Gasteiger partial charge in [0.1, 0.15) is 0 Å². The molecule has 0 bridgehead atoms. The van der Waals surface area contributed by atoms with Crippen LogP contribution in [0.15, 0.2) is 36.3 Å². The van der Waals surface area contributed by atoms with E-state index in [4.69, 9.17) is 17.3 Å². The Labute approximate surface area is 91.7 Å². The first-order valence-electron chi connectivity index (χ1n) is 4.17. The lowest BCUT2D eigenvalue weighted by Crippen LogP contribution is -2.20. The number of halogens is 1. The number of hydrogen-bond donors (Lipinski definition) is 2. The third kappa shape index (κ3) is 4.33. The van der Waals surface area contributed by atoms with E-state index in [9.17, 15) is 10.1 Å². The number of nitro groups is 1. The summed E-state index contributed by atoms with van der Waals surface area (Å²) in [6.45, 7) is 0.424. The maximum Gasteiger partial charge on any atom is 0.273 e. The zero-order valence-electron chi connectivity index (χ0n) is 7.81. The molecular weight excluding hydrogens is 218 g/mol. The summed E-state index contributed by atoms with van der Waals surface area (Å²) >= 11 is 5.70. The van der Waals surface area contributed by atoms with E-state index in [0.29, 0.717) is 11.6 Å². The van der Waals surface area contributed by atoms with E-state index in [1.54, 1.807) is 12.1 Å². The smallest absolute Gasteiger partial charge is 0.273 e. The minimum atomic E-state index is -0.607. The first-order valence-corrected chi connectivity index (χ1v) is 4.55. The van der Waals surface area contributed by atoms with Gasteiger partial charge in [0.2, 0.25) is 0 Å². The fraction of sp³-hybridized carbons (Fsp3) is 0.111. The van der Waals surface area contributed by atoms with Crippen LogP contribution in [0.25, 0.3) is 0 Å². The Morgan fingerprint density at radius 2 is 2.13 bits per heavy atom. The van der Waals surface area contributed by atoms with Crippen molar-refractivity contribution in [3.8, 4) is 0 Å². The van der Waals surface area contributed by atoms with Crippen molar-refractivity contribution in [2.45, 2.75) is 6.54 Å². The van der Waals surface area contributed by atoms with Crippen molar-refractivity contribution < 1.29 is 4.92 Å². The van der Waals surface area contributed by atoms with Gasteiger partial charge in [0.25, 0.3) is 6.20 Å². The number of nitrogens with two attached hydrogens (primary N) is 1. The van der Waals surface area contributed by atoms with Crippen LogP contribution < -0.4 is 11.1 Å². The molecule has 0 atom stereocenters. The van der Waals surface area contributed by atoms with Gasteiger partial charge in [0.15, 0.2) is 5.82 Å². The summed E-state index contributed by atoms with van der Waals surface area (Å²) in [7, 11) is 0. The monoisotopic (exact) mass is 227 g/mol. The molecular formula is C9H10ClN3O2. The van der Waals surface area contributed by atoms with E-state index in [1.165, 1.54) is 0 Å². The molecule has 0 aliphatic rings. The standard InChI is InChI=1S/C9H10ClN3O2/c10-8-3-1-7(2-4-8)5-12-9(11)6-13(14)15/h1-4,6,12H,5,11H2. The molecule has 0 spiro atoms. The number of hydrogen-bond acceptors (Lipinski definition) is 4. The first kappa shape index (κ1) is 11.3. The van der Waals surface area contributed by atoms with Crippen LogP contribution in [0.5, 0.6) is 0 Å². The molecule has 0 heterocycles. The average Bonchev–Trinajstić information content (AvgIpc) is 2.16. The van der Waals surface area contributed by atoms with Crippen LogP contribution >= 0.6 is 11.6 Å². The summed E-state index contributed by atoms with van der Waals surface area (Å²) in [5, 5.41) is 13.4. The predicted octanol–water partition coefficient (Wildman–Crippen LogP) is 1.46. The number of nitrogens with zero attached hydrogens (tertiary/aromatic N) is 1. The zero-order valence-corrected chi connectivity index (χ0v) is 8.57. The largest absolute Gasteiger partial charge is 0.380 e. The van der Waals surface area contributed by atoms with Crippen LogP contribution in [0.4, 0.5) is 0 Å². The van der Waals surface area contributed by atoms with Gasteiger partial charge in [0.05, 0.1) is 4.92 Å². The molecule has 1 rings (SSSR count). The highest BCUT2D eigenvalue weighted by Gasteiger charge is 1.97. The quantitative estimate of drug-likeness (QED) is 0.603. The van der Waals surface area contributed by atoms with Gasteiger partial charge in [-0.1, -0.05) is 23.7 Å². The Bertz CT molecular complexity index is 375. The van der Waals surface area contributed by atoms with Gasteiger partial charge in [-0.2, -0.15) is 0 Å². The van der Waals surface area contributed by atoms with E-state index >= 15 is 0 Å². The zero-order chi connectivity index (χ0) is 11.3. The topological polar surface area (TPSA) is 81.2 Å². The number of benzene rings is 1. The van der Waals surface area contributed by atoms with Gasteiger partial charge in [0, 0.05) is 11.6 Å². The molecule has 0 unspecified atom stereocenters. The molecule has 1 aromatic carbocycles. The van der Waals surface area contributed by atoms with Gasteiger partial charge in [-0.3, -0.25) is 10.1 Å². The Morgan fingerprint density at radius 3 is 2.67 bits per heavy atom. The van der Waals surface area contributed by atoms with Crippen LogP contribution in [0.1, 0.15) is 5.56 Å². The molecule has 0 saturated carbocycles. The van der Waals surface area contributed by atoms with E-state index in [1.807, 2.05) is 12.1 Å². The van der Waals surface area contributed by atoms with Gasteiger partial charge >= 0.3 is 0 Å². The molecule has 0 aliphatic heterocycles. The SMILES string of the molecule is NC(=C[N+](=O)[O-])NCc1ccc(Cl)cc1. The lowest BCUT2D eigenvalue weighted by molar-refractivity contribution is -0.403. The molecule has 0 aliphatic carbocycles. The molecule has 1 aromatic rings. The number of rotatable bonds is 4. The Morgan fingerprint density at radius 1 is 1.53 bits per heavy atom. The fourth-order valence-electron chi connectivity index (χ4n) is 0.966. The summed E-state index contributed by atoms with van der Waals surface area (Å²) in [4.78, 5) is 9.45. The second-order valence-electron chi connectivity index (χ2n) is 2.85. The van der Waals surface area contributed by atoms with E-state index in [2.05, 4.69) is 5.32 Å². The third-order valence-electron chi connectivity index (χ3n) is 1.65. The summed E-state index contributed by atoms with van der Waals surface area (Å²) < 4.78 is 0. The molecule has 0 aromatic heterocycles. The van der Waals surface area contributed by atoms with Crippen molar-refractivity contribution in [1.82, 2.24) is 5.32 Å². The maximum atomic E-state index is 10.1. The highest BCUT2D eigenvalue weighted by molar-refractivity contribution is 6.30. The van der Waals surface area contributed by atoms with E-state index in [-0.39, 0.29) is 5.82 Å². The lowest BCUT2D eigenvalue weighted by Gasteiger charge is -2.04. The van der Waals surface area contributed by atoms with Crippen LogP contribution in [0.2, 0.25) is 5.02 Å². The van der Waals surface area contributed by atoms with Gasteiger partial charge in [-0.15, -0.1) is 0 Å². The van der Waals surface area contributed by atoms with Crippen molar-refractivity contribution >= 4 is 11.6 Å². The summed E-state index contributed by atoms with van der Waals surface area (Å²) in [6, 6.07) is 7.11. The predicted molar refractivity (Wildman–Crippen MR) is 57.6 cm³/mol. The first-order chi connectivity index (χ1) is 7.08. The van der Waals surface area contributed by atoms with Crippen LogP contribution in [0.3, 0.4) is 0 Å². The molecule has 0 radical (unpaired) electrons. The third-order valence-corrected chi connectivity index (χ3v) is 1.91. The van der Waals surface area contributed by atoms with Crippen molar-refractivity contribution in [2.24, 2.45) is 5.73 Å². The minimum absolute atomic E-state index is 0.0231. The molecule has 5 nitrogen and oxygen atoms in total. The molecule has 0 fully saturated rings. The van der Waals surface area contributed by atoms with Crippen LogP contribution in [0, 0.1) is 10.1 Å². The Balaban J connectivity index is 2.50. The highest BCUT2D eigenvalue weighted by Crippen LogP contribution is 2.09. The Kier molecular flexibility index (Phi) is 3.93. The van der Waals surface area contributed by atoms with Crippen molar-refractivity contribution in [1.29, 1.82) is 0 Å². The summed E-state index contributed by atoms with van der Waals surface area (Å²) in [5.74, 6) is 0.0231. The minimum Gasteiger partial charge on any atom is -0.380 e. The molecule has 15 heavy (non-hydrogen) atoms. The Hall–Kier alpha value is -1.75. The lowest BCUT2D eigenvalue weighted by atomic mass is 10.2. The van der Waals surface area contributed by atoms with Gasteiger partial charge < -0.3 is 11.1 Å². The second-order valence-corrected chi connectivity index (χ2v) is 3.29. The maximum absolute atomic E-state index is 10.1. The molecule has 0 saturated heterocycles. The van der Waals surface area contributed by atoms with Crippen molar-refractivity contribution in [3.05, 3.63) is 57.0 Å². The van der Waals surface area contributed by atoms with E-state index < -0.39 is 4.92 Å². The summed E-state index contributed by atoms with van der Waals surface area (Å²) in [6.07, 6.45) is 0.718. The normalized spacial score (nSPS) is 11.1. The average molecular weight is 228 g/mol. The van der Waals surface area contributed by atoms with Gasteiger partial charge in [-0.25, -0.2) is 0 Å². The van der Waals surface area contributed by atoms with Crippen LogP contribution in [-0.2, 0) is 6.54 Å². The fourth-order valence-corrected chi connectivity index (χ4v) is 1.09. The molecule has 0 amide bonds. The van der Waals surface area contributed by atoms with Crippen molar-refractivity contribution in [3.63, 3.8) is 0 Å². The highest BCUT2D eigenvalue weighted by atomic mass is 35.5. The second kappa shape index (κ2) is 5.21. The molecule has 80 valence electrons. The van der Waals surface area contributed by atoms with E-state index in [0.717, 1.165) is 11.8 Å². The van der Waals surface area contributed by atoms with Crippen molar-refractivity contribution in [2.75, 3.05) is 0 Å². The van der Waals surface area contributed by atoms with Crippen LogP contribution in [-0.4, -0.2) is 4.92 Å². The number of nitrogens with one attached hydrogen (secondary N) is 1. The van der Waals surface area contributed by atoms with Gasteiger partial charge in [-0.05, 0) is 17.7 Å². The summed E-state index contributed by atoms with van der Waals surface area (Å²) in [5.41, 5.74) is 6.28. The molecule has 3 N–H and O–H groups in total.